The monoisotopic (exact) mass is 493 g/mol. The Hall–Kier alpha value is -2.35. The molecule has 2 aromatic heterocycles. The van der Waals surface area contributed by atoms with Crippen molar-refractivity contribution in [3.05, 3.63) is 16.7 Å². The topological polar surface area (TPSA) is 212 Å². The Labute approximate surface area is 190 Å². The predicted molar refractivity (Wildman–Crippen MR) is 119 cm³/mol. The summed E-state index contributed by atoms with van der Waals surface area (Å²) in [5.74, 6) is -1.53. The average Bonchev–Trinajstić information content (AvgIpc) is 3.33. The van der Waals surface area contributed by atoms with Gasteiger partial charge in [-0.05, 0) is 0 Å². The first-order chi connectivity index (χ1) is 15.7. The van der Waals surface area contributed by atoms with Crippen molar-refractivity contribution in [3.63, 3.8) is 0 Å². The van der Waals surface area contributed by atoms with E-state index in [4.69, 9.17) is 20.3 Å². The first-order valence-corrected chi connectivity index (χ1v) is 12.2. The van der Waals surface area contributed by atoms with E-state index in [1.807, 2.05) is 27.7 Å². The van der Waals surface area contributed by atoms with E-state index in [2.05, 4.69) is 19.5 Å². The van der Waals surface area contributed by atoms with E-state index >= 15 is 0 Å². The molecule has 4 atom stereocenters. The van der Waals surface area contributed by atoms with Gasteiger partial charge >= 0.3 is 13.6 Å². The lowest BCUT2D eigenvalue weighted by molar-refractivity contribution is -0.134. The zero-order valence-electron chi connectivity index (χ0n) is 19.0. The number of anilines is 1. The van der Waals surface area contributed by atoms with Gasteiger partial charge in [0.15, 0.2) is 11.2 Å². The Morgan fingerprint density at radius 1 is 1.36 bits per heavy atom. The van der Waals surface area contributed by atoms with Crippen LogP contribution in [0.4, 0.5) is 5.95 Å². The minimum atomic E-state index is -4.22. The predicted octanol–water partition coefficient (Wildman–Crippen LogP) is 0.706. The minimum Gasteiger partial charge on any atom is -0.481 e. The maximum absolute atomic E-state index is 11.8. The Balaban J connectivity index is 0.00000129. The maximum atomic E-state index is 11.8. The number of aromatic nitrogens is 4. The molecule has 1 fully saturated rings. The van der Waals surface area contributed by atoms with Gasteiger partial charge in [0.25, 0.3) is 5.56 Å². The molecule has 33 heavy (non-hydrogen) atoms. The number of nitrogens with zero attached hydrogens (tertiary/aromatic N) is 3. The summed E-state index contributed by atoms with van der Waals surface area (Å²) in [7, 11) is -4.22. The van der Waals surface area contributed by atoms with E-state index in [0.29, 0.717) is 0 Å². The third-order valence-corrected chi connectivity index (χ3v) is 5.36. The number of aliphatic carboxylic acids is 1. The summed E-state index contributed by atoms with van der Waals surface area (Å²) in [5, 5.41) is 18.7. The fourth-order valence-electron chi connectivity index (χ4n) is 2.84. The first-order valence-electron chi connectivity index (χ1n) is 10.5. The molecule has 4 unspecified atom stereocenters. The smallest absolute Gasteiger partial charge is 0.339 e. The molecule has 1 saturated heterocycles. The van der Waals surface area contributed by atoms with Gasteiger partial charge in [-0.25, -0.2) is 4.98 Å². The van der Waals surface area contributed by atoms with E-state index in [-0.39, 0.29) is 43.4 Å². The number of carboxylic acid groups (broad SMARTS) is 1. The number of H-pyrrole nitrogens is 1. The van der Waals surface area contributed by atoms with Gasteiger partial charge in [-0.1, -0.05) is 27.7 Å². The van der Waals surface area contributed by atoms with Crippen LogP contribution < -0.4 is 11.3 Å². The third-order valence-electron chi connectivity index (χ3n) is 4.10. The number of carboxylic acids is 1. The molecule has 0 saturated carbocycles. The van der Waals surface area contributed by atoms with Crippen LogP contribution in [0.5, 0.6) is 0 Å². The number of aliphatic hydroxyl groups is 1. The lowest BCUT2D eigenvalue weighted by Gasteiger charge is -2.16. The quantitative estimate of drug-likeness (QED) is 0.241. The number of hydrogen-bond donors (Lipinski definition) is 5. The van der Waals surface area contributed by atoms with Crippen molar-refractivity contribution in [1.82, 2.24) is 19.5 Å². The Bertz CT molecular complexity index is 995. The van der Waals surface area contributed by atoms with E-state index in [1.165, 1.54) is 10.9 Å². The van der Waals surface area contributed by atoms with Gasteiger partial charge in [0, 0.05) is 6.42 Å². The first kappa shape index (κ1) is 28.7. The van der Waals surface area contributed by atoms with Crippen LogP contribution in [-0.4, -0.2) is 78.8 Å². The van der Waals surface area contributed by atoms with Crippen LogP contribution >= 0.6 is 7.60 Å². The van der Waals surface area contributed by atoms with Crippen molar-refractivity contribution in [1.29, 1.82) is 0 Å². The molecule has 15 heteroatoms. The fraction of sp³-hybridized carbons (Fsp3) is 0.667. The minimum absolute atomic E-state index is 0.0432. The van der Waals surface area contributed by atoms with E-state index < -0.39 is 43.7 Å². The summed E-state index contributed by atoms with van der Waals surface area (Å²) >= 11 is 0. The van der Waals surface area contributed by atoms with Crippen LogP contribution in [0, 0.1) is 0 Å². The average molecular weight is 493 g/mol. The normalized spacial score (nSPS) is 21.5. The molecule has 1 aliphatic heterocycles. The van der Waals surface area contributed by atoms with Crippen molar-refractivity contribution in [2.45, 2.75) is 52.6 Å². The molecule has 0 aliphatic carbocycles. The molecular weight excluding hydrogens is 461 g/mol. The molecule has 3 rings (SSSR count). The van der Waals surface area contributed by atoms with Crippen molar-refractivity contribution in [3.8, 4) is 0 Å². The number of aromatic amines is 1. The van der Waals surface area contributed by atoms with E-state index in [0.717, 1.165) is 0 Å². The zero-order valence-corrected chi connectivity index (χ0v) is 19.9. The SMILES string of the molecule is CC.CC.Nc1nc2c(ncn2C2CC(O)C(COCCOP(=O)(O)CC(=O)O)O2)c(=O)[nH]1. The second-order valence-electron chi connectivity index (χ2n) is 6.30. The highest BCUT2D eigenvalue weighted by molar-refractivity contribution is 7.53. The number of hydrogen-bond acceptors (Lipinski definition) is 10. The molecule has 0 bridgehead atoms. The van der Waals surface area contributed by atoms with Crippen molar-refractivity contribution in [2.75, 3.05) is 31.7 Å². The number of nitrogens with one attached hydrogen (secondary N) is 1. The van der Waals surface area contributed by atoms with Crippen molar-refractivity contribution < 1.29 is 38.5 Å². The number of carbonyl (C=O) groups is 1. The van der Waals surface area contributed by atoms with Crippen LogP contribution in [-0.2, 0) is 23.4 Å². The lowest BCUT2D eigenvalue weighted by Crippen LogP contribution is -2.27. The molecule has 2 aromatic rings. The van der Waals surface area contributed by atoms with Gasteiger partial charge in [0.05, 0.1) is 32.3 Å². The molecular formula is C18H32N5O9P. The van der Waals surface area contributed by atoms with E-state index in [9.17, 15) is 24.2 Å². The molecule has 1 aliphatic rings. The number of imidazole rings is 1. The molecule has 188 valence electrons. The summed E-state index contributed by atoms with van der Waals surface area (Å²) in [6, 6.07) is 0. The lowest BCUT2D eigenvalue weighted by atomic mass is 10.2. The fourth-order valence-corrected chi connectivity index (χ4v) is 3.64. The number of nitrogen functional groups attached to an aromatic ring is 1. The molecule has 0 radical (unpaired) electrons. The van der Waals surface area contributed by atoms with Crippen LogP contribution in [0.3, 0.4) is 0 Å². The standard InChI is InChI=1S/C14H20N5O9P.2C2H6/c15-14-17-12-11(13(23)18-14)16-6-19(12)9-3-7(20)8(28-9)4-26-1-2-27-29(24,25)5-10(21)22;2*1-2/h6-9,20H,1-5H2,(H,21,22)(H,24,25)(H3,15,17,18,23);2*1-2H3. The van der Waals surface area contributed by atoms with Gasteiger partial charge in [-0.15, -0.1) is 0 Å². The summed E-state index contributed by atoms with van der Waals surface area (Å²) in [6.07, 6.45) is -1.69. The number of ether oxygens (including phenoxy) is 2. The number of fused-ring (bicyclic) bond motifs is 1. The highest BCUT2D eigenvalue weighted by atomic mass is 31.2. The summed E-state index contributed by atoms with van der Waals surface area (Å²) < 4.78 is 28.5. The highest BCUT2D eigenvalue weighted by Crippen LogP contribution is 2.41. The van der Waals surface area contributed by atoms with Gasteiger partial charge in [0.2, 0.25) is 5.95 Å². The number of nitrogens with two attached hydrogens (primary N) is 1. The number of rotatable bonds is 9. The summed E-state index contributed by atoms with van der Waals surface area (Å²) in [4.78, 5) is 41.9. The van der Waals surface area contributed by atoms with Gasteiger partial charge < -0.3 is 34.8 Å². The van der Waals surface area contributed by atoms with Crippen molar-refractivity contribution >= 4 is 30.7 Å². The largest absolute Gasteiger partial charge is 0.481 e. The second kappa shape index (κ2) is 13.4. The van der Waals surface area contributed by atoms with Crippen LogP contribution in [0.2, 0.25) is 0 Å². The van der Waals surface area contributed by atoms with Crippen LogP contribution in [0.1, 0.15) is 40.3 Å². The Morgan fingerprint density at radius 2 is 2.03 bits per heavy atom. The molecule has 3 heterocycles. The summed E-state index contributed by atoms with van der Waals surface area (Å²) in [6.45, 7) is 7.55. The second-order valence-corrected chi connectivity index (χ2v) is 8.15. The molecule has 14 nitrogen and oxygen atoms in total. The Kier molecular flexibility index (Phi) is 11.6. The van der Waals surface area contributed by atoms with Gasteiger partial charge in [-0.3, -0.25) is 23.7 Å². The van der Waals surface area contributed by atoms with Crippen LogP contribution in [0.25, 0.3) is 11.2 Å². The van der Waals surface area contributed by atoms with E-state index in [1.54, 1.807) is 0 Å². The Morgan fingerprint density at radius 3 is 2.67 bits per heavy atom. The van der Waals surface area contributed by atoms with Crippen molar-refractivity contribution in [2.24, 2.45) is 0 Å². The van der Waals surface area contributed by atoms with Gasteiger partial charge in [0.1, 0.15) is 18.5 Å². The molecule has 0 aromatic carbocycles. The third kappa shape index (κ3) is 8.18. The maximum Gasteiger partial charge on any atom is 0.339 e. The van der Waals surface area contributed by atoms with Crippen LogP contribution in [0.15, 0.2) is 11.1 Å². The highest BCUT2D eigenvalue weighted by Gasteiger charge is 2.36. The zero-order chi connectivity index (χ0) is 25.2. The van der Waals surface area contributed by atoms with Gasteiger partial charge in [-0.2, -0.15) is 4.98 Å². The molecule has 0 spiro atoms. The molecule has 0 amide bonds. The number of aliphatic hydroxyl groups excluding tert-OH is 1. The molecule has 6 N–H and O–H groups in total. The summed E-state index contributed by atoms with van der Waals surface area (Å²) in [5.41, 5.74) is 5.37.